The van der Waals surface area contributed by atoms with Crippen molar-refractivity contribution in [2.24, 2.45) is 0 Å². The number of aryl methyl sites for hydroxylation is 2. The summed E-state index contributed by atoms with van der Waals surface area (Å²) in [5.74, 6) is 0.876. The van der Waals surface area contributed by atoms with Gasteiger partial charge in [-0.2, -0.15) is 0 Å². The van der Waals surface area contributed by atoms with E-state index in [9.17, 15) is 4.79 Å². The molecule has 1 aromatic rings. The molecule has 0 bridgehead atoms. The Balaban J connectivity index is 2.07. The van der Waals surface area contributed by atoms with E-state index in [0.717, 1.165) is 49.6 Å². The predicted octanol–water partition coefficient (Wildman–Crippen LogP) is 2.13. The van der Waals surface area contributed by atoms with Gasteiger partial charge in [-0.1, -0.05) is 13.0 Å². The molecule has 1 aliphatic heterocycles. The van der Waals surface area contributed by atoms with Gasteiger partial charge in [0.2, 0.25) is 0 Å². The monoisotopic (exact) mass is 290 g/mol. The summed E-state index contributed by atoms with van der Waals surface area (Å²) in [7, 11) is 1.63. The average Bonchev–Trinajstić information content (AvgIpc) is 2.47. The predicted molar refractivity (Wildman–Crippen MR) is 85.4 cm³/mol. The van der Waals surface area contributed by atoms with E-state index in [1.807, 2.05) is 19.9 Å². The van der Waals surface area contributed by atoms with Crippen molar-refractivity contribution in [2.45, 2.75) is 20.8 Å². The van der Waals surface area contributed by atoms with E-state index in [2.05, 4.69) is 22.8 Å². The molecule has 21 heavy (non-hydrogen) atoms. The lowest BCUT2D eigenvalue weighted by atomic mass is 10.0. The Morgan fingerprint density at radius 3 is 2.33 bits per heavy atom. The van der Waals surface area contributed by atoms with Gasteiger partial charge in [0.15, 0.2) is 5.78 Å². The lowest BCUT2D eigenvalue weighted by molar-refractivity contribution is 0.0856. The Morgan fingerprint density at radius 1 is 1.14 bits per heavy atom. The molecule has 1 fully saturated rings. The summed E-state index contributed by atoms with van der Waals surface area (Å²) in [4.78, 5) is 17.3. The highest BCUT2D eigenvalue weighted by molar-refractivity contribution is 6.00. The summed E-state index contributed by atoms with van der Waals surface area (Å²) in [5, 5.41) is 0. The van der Waals surface area contributed by atoms with Crippen LogP contribution in [0, 0.1) is 13.8 Å². The molecule has 0 radical (unpaired) electrons. The van der Waals surface area contributed by atoms with Crippen LogP contribution in [0.4, 0.5) is 0 Å². The molecule has 0 spiro atoms. The maximum atomic E-state index is 12.6. The van der Waals surface area contributed by atoms with Gasteiger partial charge in [0.05, 0.1) is 19.2 Å². The van der Waals surface area contributed by atoms with Crippen molar-refractivity contribution in [3.8, 4) is 5.75 Å². The number of carbonyl (C=O) groups excluding carboxylic acids is 1. The van der Waals surface area contributed by atoms with Crippen molar-refractivity contribution in [3.05, 3.63) is 28.8 Å². The Bertz CT molecular complexity index is 506. The molecule has 4 heteroatoms. The van der Waals surface area contributed by atoms with Crippen molar-refractivity contribution in [2.75, 3.05) is 46.4 Å². The number of hydrogen-bond donors (Lipinski definition) is 0. The Labute approximate surface area is 127 Å². The van der Waals surface area contributed by atoms with E-state index >= 15 is 0 Å². The van der Waals surface area contributed by atoms with Crippen molar-refractivity contribution in [1.29, 1.82) is 0 Å². The number of ketones is 1. The third-order valence-corrected chi connectivity index (χ3v) is 4.20. The van der Waals surface area contributed by atoms with Gasteiger partial charge in [0, 0.05) is 26.2 Å². The molecular weight excluding hydrogens is 264 g/mol. The van der Waals surface area contributed by atoms with Crippen LogP contribution in [-0.4, -0.2) is 62.0 Å². The minimum atomic E-state index is 0.156. The number of Topliss-reactive ketones (excluding diaryl/α,β-unsaturated/α-hetero) is 1. The number of piperazine rings is 1. The zero-order chi connectivity index (χ0) is 15.4. The normalized spacial score (nSPS) is 17.0. The van der Waals surface area contributed by atoms with Gasteiger partial charge in [-0.15, -0.1) is 0 Å². The van der Waals surface area contributed by atoms with Crippen LogP contribution < -0.4 is 4.74 Å². The maximum absolute atomic E-state index is 12.6. The van der Waals surface area contributed by atoms with Gasteiger partial charge in [-0.05, 0) is 37.6 Å². The summed E-state index contributed by atoms with van der Waals surface area (Å²) < 4.78 is 5.43. The summed E-state index contributed by atoms with van der Waals surface area (Å²) in [6, 6.07) is 3.99. The van der Waals surface area contributed by atoms with E-state index in [1.54, 1.807) is 7.11 Å². The van der Waals surface area contributed by atoms with E-state index in [-0.39, 0.29) is 5.78 Å². The molecule has 0 amide bonds. The molecule has 0 saturated carbocycles. The summed E-state index contributed by atoms with van der Waals surface area (Å²) in [5.41, 5.74) is 2.84. The van der Waals surface area contributed by atoms with Crippen molar-refractivity contribution >= 4 is 5.78 Å². The third kappa shape index (κ3) is 3.83. The smallest absolute Gasteiger partial charge is 0.180 e. The topological polar surface area (TPSA) is 32.8 Å². The molecule has 0 aliphatic carbocycles. The Morgan fingerprint density at radius 2 is 1.76 bits per heavy atom. The number of carbonyl (C=O) groups is 1. The standard InChI is InChI=1S/C17H26N2O2/c1-5-18-6-8-19(9-7-18)12-16(20)15-11-13(2)10-14(3)17(15)21-4/h10-11H,5-9,12H2,1-4H3. The number of rotatable bonds is 5. The van der Waals surface area contributed by atoms with Crippen LogP contribution in [0.25, 0.3) is 0 Å². The number of benzene rings is 1. The summed E-state index contributed by atoms with van der Waals surface area (Å²) in [6.45, 7) is 11.8. The van der Waals surface area contributed by atoms with Crippen LogP contribution in [0.3, 0.4) is 0 Å². The lowest BCUT2D eigenvalue weighted by Crippen LogP contribution is -2.47. The van der Waals surface area contributed by atoms with E-state index in [4.69, 9.17) is 4.74 Å². The highest BCUT2D eigenvalue weighted by atomic mass is 16.5. The highest BCUT2D eigenvalue weighted by Crippen LogP contribution is 2.25. The van der Waals surface area contributed by atoms with Crippen LogP contribution in [0.2, 0.25) is 0 Å². The highest BCUT2D eigenvalue weighted by Gasteiger charge is 2.21. The number of likely N-dealkylation sites (N-methyl/N-ethyl adjacent to an activating group) is 1. The van der Waals surface area contributed by atoms with Gasteiger partial charge in [0.1, 0.15) is 5.75 Å². The fraction of sp³-hybridized carbons (Fsp3) is 0.588. The SMILES string of the molecule is CCN1CCN(CC(=O)c2cc(C)cc(C)c2OC)CC1. The van der Waals surface area contributed by atoms with Crippen LogP contribution in [0.1, 0.15) is 28.4 Å². The summed E-state index contributed by atoms with van der Waals surface area (Å²) in [6.07, 6.45) is 0. The summed E-state index contributed by atoms with van der Waals surface area (Å²) >= 11 is 0. The largest absolute Gasteiger partial charge is 0.496 e. The first-order chi connectivity index (χ1) is 10.0. The average molecular weight is 290 g/mol. The van der Waals surface area contributed by atoms with E-state index < -0.39 is 0 Å². The first-order valence-electron chi connectivity index (χ1n) is 7.68. The molecule has 0 atom stereocenters. The van der Waals surface area contributed by atoms with Crippen LogP contribution in [0.5, 0.6) is 5.75 Å². The van der Waals surface area contributed by atoms with Gasteiger partial charge in [0.25, 0.3) is 0 Å². The van der Waals surface area contributed by atoms with Crippen molar-refractivity contribution in [1.82, 2.24) is 9.80 Å². The van der Waals surface area contributed by atoms with Gasteiger partial charge in [-0.3, -0.25) is 9.69 Å². The molecule has 1 heterocycles. The lowest BCUT2D eigenvalue weighted by Gasteiger charge is -2.33. The minimum absolute atomic E-state index is 0.156. The quantitative estimate of drug-likeness (QED) is 0.778. The second-order valence-corrected chi connectivity index (χ2v) is 5.80. The van der Waals surface area contributed by atoms with Crippen molar-refractivity contribution in [3.63, 3.8) is 0 Å². The second-order valence-electron chi connectivity index (χ2n) is 5.80. The van der Waals surface area contributed by atoms with Gasteiger partial charge in [-0.25, -0.2) is 0 Å². The third-order valence-electron chi connectivity index (χ3n) is 4.20. The van der Waals surface area contributed by atoms with E-state index in [1.165, 1.54) is 0 Å². The van der Waals surface area contributed by atoms with Crippen molar-refractivity contribution < 1.29 is 9.53 Å². The Hall–Kier alpha value is -1.39. The fourth-order valence-corrected chi connectivity index (χ4v) is 2.98. The molecule has 1 saturated heterocycles. The number of methoxy groups -OCH3 is 1. The maximum Gasteiger partial charge on any atom is 0.180 e. The van der Waals surface area contributed by atoms with Gasteiger partial charge < -0.3 is 9.64 Å². The number of nitrogens with zero attached hydrogens (tertiary/aromatic N) is 2. The number of hydrogen-bond acceptors (Lipinski definition) is 4. The molecular formula is C17H26N2O2. The minimum Gasteiger partial charge on any atom is -0.496 e. The van der Waals surface area contributed by atoms with E-state index in [0.29, 0.717) is 12.1 Å². The van der Waals surface area contributed by atoms with Crippen LogP contribution in [-0.2, 0) is 0 Å². The second kappa shape index (κ2) is 7.05. The molecule has 1 aromatic carbocycles. The number of ether oxygens (including phenoxy) is 1. The molecule has 0 unspecified atom stereocenters. The zero-order valence-corrected chi connectivity index (χ0v) is 13.6. The van der Waals surface area contributed by atoms with Crippen LogP contribution >= 0.6 is 0 Å². The first kappa shape index (κ1) is 16.0. The molecule has 0 N–H and O–H groups in total. The molecule has 1 aliphatic rings. The molecule has 4 nitrogen and oxygen atoms in total. The fourth-order valence-electron chi connectivity index (χ4n) is 2.98. The van der Waals surface area contributed by atoms with Gasteiger partial charge >= 0.3 is 0 Å². The first-order valence-corrected chi connectivity index (χ1v) is 7.68. The zero-order valence-electron chi connectivity index (χ0n) is 13.6. The van der Waals surface area contributed by atoms with Crippen LogP contribution in [0.15, 0.2) is 12.1 Å². The Kier molecular flexibility index (Phi) is 5.37. The molecule has 116 valence electrons. The molecule has 2 rings (SSSR count). The molecule has 0 aromatic heterocycles.